The van der Waals surface area contributed by atoms with Crippen LogP contribution >= 0.6 is 0 Å². The van der Waals surface area contributed by atoms with Crippen LogP contribution in [0.15, 0.2) is 18.3 Å². The van der Waals surface area contributed by atoms with E-state index in [1.807, 2.05) is 24.0 Å². The van der Waals surface area contributed by atoms with Crippen molar-refractivity contribution in [3.05, 3.63) is 24.0 Å². The smallest absolute Gasteiger partial charge is 0.272 e. The molecule has 5 heteroatoms. The number of rotatable bonds is 4. The van der Waals surface area contributed by atoms with Crippen LogP contribution in [0.4, 0.5) is 5.69 Å². The number of piperazine rings is 1. The van der Waals surface area contributed by atoms with Crippen molar-refractivity contribution in [1.82, 2.24) is 14.8 Å². The molecular weight excluding hydrogens is 252 g/mol. The monoisotopic (exact) mass is 274 g/mol. The quantitative estimate of drug-likeness (QED) is 0.902. The molecule has 5 nitrogen and oxygen atoms in total. The fourth-order valence-electron chi connectivity index (χ4n) is 2.72. The molecule has 0 unspecified atom stereocenters. The van der Waals surface area contributed by atoms with Gasteiger partial charge in [0.1, 0.15) is 5.69 Å². The van der Waals surface area contributed by atoms with Crippen molar-refractivity contribution in [2.45, 2.75) is 25.8 Å². The lowest BCUT2D eigenvalue weighted by molar-refractivity contribution is 0.0621. The van der Waals surface area contributed by atoms with Gasteiger partial charge in [-0.2, -0.15) is 0 Å². The number of aromatic nitrogens is 1. The molecule has 1 aromatic rings. The van der Waals surface area contributed by atoms with Crippen LogP contribution in [0.3, 0.4) is 0 Å². The minimum Gasteiger partial charge on any atom is -0.384 e. The highest BCUT2D eigenvalue weighted by molar-refractivity contribution is 5.92. The summed E-state index contributed by atoms with van der Waals surface area (Å²) in [5, 5.41) is 3.18. The van der Waals surface area contributed by atoms with Crippen molar-refractivity contribution >= 4 is 11.6 Å². The Hall–Kier alpha value is -1.62. The Balaban J connectivity index is 1.58. The van der Waals surface area contributed by atoms with Crippen LogP contribution in [0.5, 0.6) is 0 Å². The first-order chi connectivity index (χ1) is 9.78. The molecule has 3 rings (SSSR count). The zero-order valence-electron chi connectivity index (χ0n) is 12.0. The van der Waals surface area contributed by atoms with Gasteiger partial charge in [-0.15, -0.1) is 0 Å². The summed E-state index contributed by atoms with van der Waals surface area (Å²) in [6.45, 7) is 6.56. The second-order valence-electron chi connectivity index (χ2n) is 5.52. The lowest BCUT2D eigenvalue weighted by Gasteiger charge is -2.34. The second kappa shape index (κ2) is 5.79. The number of carbonyl (C=O) groups excluding carboxylic acids is 1. The molecule has 1 amide bonds. The van der Waals surface area contributed by atoms with Gasteiger partial charge in [0.25, 0.3) is 5.91 Å². The summed E-state index contributed by atoms with van der Waals surface area (Å²) in [6.07, 6.45) is 4.40. The third-order valence-electron chi connectivity index (χ3n) is 4.03. The molecule has 1 N–H and O–H groups in total. The molecular formula is C15H22N4O. The fraction of sp³-hybridized carbons (Fsp3) is 0.600. The first-order valence-corrected chi connectivity index (χ1v) is 7.51. The Morgan fingerprint density at radius 2 is 2.05 bits per heavy atom. The highest BCUT2D eigenvalue weighted by Crippen LogP contribution is 2.27. The Morgan fingerprint density at radius 3 is 2.60 bits per heavy atom. The van der Waals surface area contributed by atoms with Crippen LogP contribution in [-0.2, 0) is 0 Å². The zero-order valence-corrected chi connectivity index (χ0v) is 12.0. The molecule has 2 heterocycles. The Labute approximate surface area is 120 Å². The number of hydrogen-bond donors (Lipinski definition) is 1. The summed E-state index contributed by atoms with van der Waals surface area (Å²) in [6, 6.07) is 4.53. The highest BCUT2D eigenvalue weighted by Gasteiger charge is 2.32. The largest absolute Gasteiger partial charge is 0.384 e. The van der Waals surface area contributed by atoms with E-state index in [-0.39, 0.29) is 5.91 Å². The normalized spacial score (nSPS) is 19.9. The summed E-state index contributed by atoms with van der Waals surface area (Å²) in [7, 11) is 0. The fourth-order valence-corrected chi connectivity index (χ4v) is 2.72. The number of anilines is 1. The van der Waals surface area contributed by atoms with Crippen LogP contribution in [-0.4, -0.2) is 59.5 Å². The molecule has 1 aliphatic heterocycles. The molecule has 1 aromatic heterocycles. The van der Waals surface area contributed by atoms with Crippen molar-refractivity contribution in [1.29, 1.82) is 0 Å². The molecule has 1 aliphatic carbocycles. The van der Waals surface area contributed by atoms with Gasteiger partial charge in [0.2, 0.25) is 0 Å². The second-order valence-corrected chi connectivity index (χ2v) is 5.52. The van der Waals surface area contributed by atoms with E-state index in [2.05, 4.69) is 15.2 Å². The van der Waals surface area contributed by atoms with Gasteiger partial charge in [0, 0.05) is 38.8 Å². The van der Waals surface area contributed by atoms with Gasteiger partial charge in [-0.3, -0.25) is 9.69 Å². The van der Waals surface area contributed by atoms with Gasteiger partial charge in [0.05, 0.1) is 11.9 Å². The molecule has 1 saturated carbocycles. The number of nitrogens with zero attached hydrogens (tertiary/aromatic N) is 3. The van der Waals surface area contributed by atoms with E-state index in [4.69, 9.17) is 0 Å². The van der Waals surface area contributed by atoms with Crippen LogP contribution in [0.1, 0.15) is 30.3 Å². The van der Waals surface area contributed by atoms with Gasteiger partial charge >= 0.3 is 0 Å². The van der Waals surface area contributed by atoms with E-state index >= 15 is 0 Å². The van der Waals surface area contributed by atoms with E-state index in [0.29, 0.717) is 5.69 Å². The summed E-state index contributed by atoms with van der Waals surface area (Å²) in [5.41, 5.74) is 1.51. The van der Waals surface area contributed by atoms with Gasteiger partial charge in [0.15, 0.2) is 0 Å². The van der Waals surface area contributed by atoms with E-state index in [1.54, 1.807) is 6.20 Å². The molecule has 0 spiro atoms. The molecule has 20 heavy (non-hydrogen) atoms. The summed E-state index contributed by atoms with van der Waals surface area (Å²) >= 11 is 0. The standard InChI is InChI=1S/C15H22N4O/c1-2-16-12-3-6-14(17-11-12)15(20)19-9-7-18(8-10-19)13-4-5-13/h3,6,11,13,16H,2,4-5,7-10H2,1H3. The number of carbonyl (C=O) groups is 1. The maximum atomic E-state index is 12.4. The van der Waals surface area contributed by atoms with Crippen molar-refractivity contribution in [2.24, 2.45) is 0 Å². The van der Waals surface area contributed by atoms with E-state index in [9.17, 15) is 4.79 Å². The molecule has 2 aliphatic rings. The van der Waals surface area contributed by atoms with Gasteiger partial charge in [-0.25, -0.2) is 4.98 Å². The molecule has 0 atom stereocenters. The summed E-state index contributed by atoms with van der Waals surface area (Å²) < 4.78 is 0. The average Bonchev–Trinajstić information content (AvgIpc) is 3.33. The predicted molar refractivity (Wildman–Crippen MR) is 78.9 cm³/mol. The minimum absolute atomic E-state index is 0.0588. The Kier molecular flexibility index (Phi) is 3.87. The third-order valence-corrected chi connectivity index (χ3v) is 4.03. The molecule has 108 valence electrons. The Bertz CT molecular complexity index is 461. The van der Waals surface area contributed by atoms with Crippen molar-refractivity contribution < 1.29 is 4.79 Å². The van der Waals surface area contributed by atoms with Crippen molar-refractivity contribution in [2.75, 3.05) is 38.0 Å². The van der Waals surface area contributed by atoms with Gasteiger partial charge < -0.3 is 10.2 Å². The first-order valence-electron chi connectivity index (χ1n) is 7.51. The lowest BCUT2D eigenvalue weighted by atomic mass is 10.2. The van der Waals surface area contributed by atoms with E-state index in [0.717, 1.165) is 44.5 Å². The van der Waals surface area contributed by atoms with E-state index < -0.39 is 0 Å². The number of nitrogens with one attached hydrogen (secondary N) is 1. The summed E-state index contributed by atoms with van der Waals surface area (Å²) in [5.74, 6) is 0.0588. The van der Waals surface area contributed by atoms with E-state index in [1.165, 1.54) is 12.8 Å². The van der Waals surface area contributed by atoms with Gasteiger partial charge in [-0.05, 0) is 31.9 Å². The number of amides is 1. The lowest BCUT2D eigenvalue weighted by Crippen LogP contribution is -2.49. The van der Waals surface area contributed by atoms with Crippen molar-refractivity contribution in [3.63, 3.8) is 0 Å². The first kappa shape index (κ1) is 13.4. The van der Waals surface area contributed by atoms with Crippen LogP contribution in [0.25, 0.3) is 0 Å². The molecule has 0 bridgehead atoms. The number of pyridine rings is 1. The maximum absolute atomic E-state index is 12.4. The highest BCUT2D eigenvalue weighted by atomic mass is 16.2. The molecule has 1 saturated heterocycles. The van der Waals surface area contributed by atoms with Crippen LogP contribution in [0.2, 0.25) is 0 Å². The van der Waals surface area contributed by atoms with Crippen molar-refractivity contribution in [3.8, 4) is 0 Å². The maximum Gasteiger partial charge on any atom is 0.272 e. The molecule has 0 radical (unpaired) electrons. The zero-order chi connectivity index (χ0) is 13.9. The topological polar surface area (TPSA) is 48.5 Å². The SMILES string of the molecule is CCNc1ccc(C(=O)N2CCN(C3CC3)CC2)nc1. The average molecular weight is 274 g/mol. The van der Waals surface area contributed by atoms with Crippen LogP contribution in [0, 0.1) is 0 Å². The predicted octanol–water partition coefficient (Wildman–Crippen LogP) is 1.43. The van der Waals surface area contributed by atoms with Gasteiger partial charge in [-0.1, -0.05) is 0 Å². The third kappa shape index (κ3) is 2.93. The Morgan fingerprint density at radius 1 is 1.30 bits per heavy atom. The summed E-state index contributed by atoms with van der Waals surface area (Å²) in [4.78, 5) is 21.1. The minimum atomic E-state index is 0.0588. The molecule has 0 aromatic carbocycles. The number of hydrogen-bond acceptors (Lipinski definition) is 4. The van der Waals surface area contributed by atoms with Crippen LogP contribution < -0.4 is 5.32 Å². The molecule has 2 fully saturated rings.